The largest absolute Gasteiger partial charge is 0.335 e. The van der Waals surface area contributed by atoms with E-state index in [2.05, 4.69) is 40.8 Å². The molecular formula is C31H34N6O2S. The van der Waals surface area contributed by atoms with E-state index in [1.165, 1.54) is 10.4 Å². The van der Waals surface area contributed by atoms with Crippen LogP contribution in [0.4, 0.5) is 5.69 Å². The Kier molecular flexibility index (Phi) is 7.51. The molecule has 1 aliphatic heterocycles. The summed E-state index contributed by atoms with van der Waals surface area (Å²) in [7, 11) is 4.03. The third kappa shape index (κ3) is 5.45. The normalized spacial score (nSPS) is 15.1. The van der Waals surface area contributed by atoms with Gasteiger partial charge in [-0.3, -0.25) is 14.5 Å². The number of amides is 2. The van der Waals surface area contributed by atoms with Gasteiger partial charge >= 0.3 is 0 Å². The first kappa shape index (κ1) is 26.4. The molecule has 0 atom stereocenters. The van der Waals surface area contributed by atoms with Crippen LogP contribution in [0.15, 0.2) is 66.0 Å². The SMILES string of the molecule is CN1CCN(C(=O)c2nn(-c3ccc(NC(=O)CN(C)Cc4ccccc4)cc3)c3c2CCc2sccc2-3)CC1. The van der Waals surface area contributed by atoms with Crippen molar-refractivity contribution in [3.05, 3.63) is 87.7 Å². The van der Waals surface area contributed by atoms with Gasteiger partial charge in [-0.1, -0.05) is 30.3 Å². The Balaban J connectivity index is 1.21. The van der Waals surface area contributed by atoms with Crippen LogP contribution in [0.1, 0.15) is 26.5 Å². The molecule has 0 saturated carbocycles. The van der Waals surface area contributed by atoms with Crippen LogP contribution in [0, 0.1) is 0 Å². The van der Waals surface area contributed by atoms with E-state index < -0.39 is 0 Å². The molecular weight excluding hydrogens is 520 g/mol. The number of rotatable bonds is 7. The summed E-state index contributed by atoms with van der Waals surface area (Å²) in [6, 6.07) is 20.0. The summed E-state index contributed by atoms with van der Waals surface area (Å²) in [4.78, 5) is 33.8. The van der Waals surface area contributed by atoms with E-state index in [9.17, 15) is 9.59 Å². The minimum Gasteiger partial charge on any atom is -0.335 e. The number of nitrogens with zero attached hydrogens (tertiary/aromatic N) is 5. The van der Waals surface area contributed by atoms with Crippen LogP contribution in [0.5, 0.6) is 0 Å². The summed E-state index contributed by atoms with van der Waals surface area (Å²) in [5, 5.41) is 10.1. The molecule has 2 aromatic carbocycles. The van der Waals surface area contributed by atoms with Crippen molar-refractivity contribution in [2.75, 3.05) is 52.1 Å². The van der Waals surface area contributed by atoms with Gasteiger partial charge in [0.15, 0.2) is 5.69 Å². The Labute approximate surface area is 238 Å². The lowest BCUT2D eigenvalue weighted by Crippen LogP contribution is -2.47. The molecule has 0 radical (unpaired) electrons. The van der Waals surface area contributed by atoms with E-state index in [1.54, 1.807) is 11.3 Å². The zero-order valence-corrected chi connectivity index (χ0v) is 23.8. The van der Waals surface area contributed by atoms with Gasteiger partial charge in [0.1, 0.15) is 0 Å². The molecule has 0 bridgehead atoms. The van der Waals surface area contributed by atoms with Crippen molar-refractivity contribution in [3.8, 4) is 16.9 Å². The number of fused-ring (bicyclic) bond motifs is 3. The molecule has 0 unspecified atom stereocenters. The predicted molar refractivity (Wildman–Crippen MR) is 159 cm³/mol. The van der Waals surface area contributed by atoms with Gasteiger partial charge in [0.25, 0.3) is 5.91 Å². The first-order chi connectivity index (χ1) is 19.5. The fourth-order valence-corrected chi connectivity index (χ4v) is 6.43. The smallest absolute Gasteiger partial charge is 0.274 e. The molecule has 8 nitrogen and oxygen atoms in total. The summed E-state index contributed by atoms with van der Waals surface area (Å²) in [6.45, 7) is 4.18. The van der Waals surface area contributed by atoms with Gasteiger partial charge in [-0.25, -0.2) is 4.68 Å². The van der Waals surface area contributed by atoms with Crippen molar-refractivity contribution < 1.29 is 9.59 Å². The summed E-state index contributed by atoms with van der Waals surface area (Å²) in [5.41, 5.74) is 6.54. The molecule has 2 aromatic heterocycles. The van der Waals surface area contributed by atoms with Gasteiger partial charge in [-0.15, -0.1) is 11.3 Å². The quantitative estimate of drug-likeness (QED) is 0.372. The molecule has 1 N–H and O–H groups in total. The van der Waals surface area contributed by atoms with Gasteiger partial charge in [0.05, 0.1) is 17.9 Å². The average molecular weight is 555 g/mol. The second-order valence-corrected chi connectivity index (χ2v) is 11.7. The molecule has 3 heterocycles. The Morgan fingerprint density at radius 1 is 0.975 bits per heavy atom. The number of carbonyl (C=O) groups excluding carboxylic acids is 2. The third-order valence-electron chi connectivity index (χ3n) is 7.68. The monoisotopic (exact) mass is 554 g/mol. The minimum atomic E-state index is -0.0642. The van der Waals surface area contributed by atoms with Crippen LogP contribution in [0.25, 0.3) is 16.9 Å². The fourth-order valence-electron chi connectivity index (χ4n) is 5.55. The molecule has 0 spiro atoms. The summed E-state index contributed by atoms with van der Waals surface area (Å²) in [6.07, 6.45) is 1.74. The van der Waals surface area contributed by atoms with Crippen LogP contribution in [0.2, 0.25) is 0 Å². The average Bonchev–Trinajstić information content (AvgIpc) is 3.59. The molecule has 1 fully saturated rings. The third-order valence-corrected chi connectivity index (χ3v) is 8.66. The van der Waals surface area contributed by atoms with Crippen molar-refractivity contribution >= 4 is 28.8 Å². The summed E-state index contributed by atoms with van der Waals surface area (Å²) < 4.78 is 1.92. The van der Waals surface area contributed by atoms with Gasteiger partial charge < -0.3 is 15.1 Å². The zero-order chi connectivity index (χ0) is 27.6. The number of hydrogen-bond donors (Lipinski definition) is 1. The van der Waals surface area contributed by atoms with Crippen LogP contribution in [-0.2, 0) is 24.2 Å². The number of hydrogen-bond acceptors (Lipinski definition) is 6. The first-order valence-corrected chi connectivity index (χ1v) is 14.6. The number of benzene rings is 2. The van der Waals surface area contributed by atoms with Crippen LogP contribution in [-0.4, -0.2) is 83.1 Å². The number of anilines is 1. The maximum absolute atomic E-state index is 13.6. The van der Waals surface area contributed by atoms with Crippen LogP contribution >= 0.6 is 11.3 Å². The van der Waals surface area contributed by atoms with Crippen molar-refractivity contribution in [2.45, 2.75) is 19.4 Å². The lowest BCUT2D eigenvalue weighted by Gasteiger charge is -2.32. The number of piperazine rings is 1. The molecule has 206 valence electrons. The first-order valence-electron chi connectivity index (χ1n) is 13.8. The highest BCUT2D eigenvalue weighted by Crippen LogP contribution is 2.40. The lowest BCUT2D eigenvalue weighted by molar-refractivity contribution is -0.117. The molecule has 1 saturated heterocycles. The van der Waals surface area contributed by atoms with E-state index in [0.717, 1.165) is 67.2 Å². The number of thiophene rings is 1. The molecule has 40 heavy (non-hydrogen) atoms. The second-order valence-electron chi connectivity index (χ2n) is 10.7. The summed E-state index contributed by atoms with van der Waals surface area (Å²) >= 11 is 1.76. The zero-order valence-electron chi connectivity index (χ0n) is 23.0. The van der Waals surface area contributed by atoms with Gasteiger partial charge in [-0.2, -0.15) is 5.10 Å². The van der Waals surface area contributed by atoms with Crippen LogP contribution in [0.3, 0.4) is 0 Å². The molecule has 2 aliphatic rings. The highest BCUT2D eigenvalue weighted by atomic mass is 32.1. The molecule has 9 heteroatoms. The lowest BCUT2D eigenvalue weighted by atomic mass is 9.94. The molecule has 1 aliphatic carbocycles. The van der Waals surface area contributed by atoms with Crippen molar-refractivity contribution in [3.63, 3.8) is 0 Å². The predicted octanol–water partition coefficient (Wildman–Crippen LogP) is 4.16. The fraction of sp³-hybridized carbons (Fsp3) is 0.323. The number of carbonyl (C=O) groups is 2. The number of nitrogens with one attached hydrogen (secondary N) is 1. The highest BCUT2D eigenvalue weighted by molar-refractivity contribution is 7.10. The van der Waals surface area contributed by atoms with Crippen LogP contribution < -0.4 is 5.32 Å². The number of likely N-dealkylation sites (N-methyl/N-ethyl adjacent to an activating group) is 2. The maximum Gasteiger partial charge on any atom is 0.274 e. The molecule has 2 amide bonds. The number of aromatic nitrogens is 2. The Hall–Kier alpha value is -3.79. The van der Waals surface area contributed by atoms with Gasteiger partial charge in [0.2, 0.25) is 5.91 Å². The Bertz CT molecular complexity index is 1500. The van der Waals surface area contributed by atoms with Crippen molar-refractivity contribution in [2.24, 2.45) is 0 Å². The topological polar surface area (TPSA) is 73.7 Å². The van der Waals surface area contributed by atoms with Crippen molar-refractivity contribution in [1.29, 1.82) is 0 Å². The second kappa shape index (κ2) is 11.4. The van der Waals surface area contributed by atoms with Gasteiger partial charge in [0, 0.05) is 54.4 Å². The number of aryl methyl sites for hydroxylation is 1. The summed E-state index contributed by atoms with van der Waals surface area (Å²) in [5.74, 6) is -0.0455. The van der Waals surface area contributed by atoms with E-state index in [0.29, 0.717) is 18.8 Å². The van der Waals surface area contributed by atoms with E-state index in [1.807, 2.05) is 64.0 Å². The highest BCUT2D eigenvalue weighted by Gasteiger charge is 2.32. The molecule has 4 aromatic rings. The molecule has 6 rings (SSSR count). The van der Waals surface area contributed by atoms with E-state index >= 15 is 0 Å². The van der Waals surface area contributed by atoms with E-state index in [4.69, 9.17) is 5.10 Å². The minimum absolute atomic E-state index is 0.0188. The Morgan fingerprint density at radius 3 is 2.48 bits per heavy atom. The maximum atomic E-state index is 13.6. The van der Waals surface area contributed by atoms with Gasteiger partial charge in [-0.05, 0) is 68.2 Å². The van der Waals surface area contributed by atoms with E-state index in [-0.39, 0.29) is 11.8 Å². The Morgan fingerprint density at radius 2 is 1.73 bits per heavy atom. The van der Waals surface area contributed by atoms with Crippen molar-refractivity contribution in [1.82, 2.24) is 24.5 Å². The standard InChI is InChI=1S/C31H34N6O2S/c1-34-15-17-36(18-16-34)31(39)29-26-12-13-27-25(14-19-40-27)30(26)37(33-29)24-10-8-23(9-11-24)32-28(38)21-35(2)20-22-6-4-3-5-7-22/h3-11,14,19H,12-13,15-18,20-21H2,1-2H3,(H,32,38).